The minimum absolute atomic E-state index is 0.343. The van der Waals surface area contributed by atoms with E-state index in [4.69, 9.17) is 16.3 Å². The fraction of sp³-hybridized carbons (Fsp3) is 0.538. The van der Waals surface area contributed by atoms with Crippen LogP contribution in [-0.4, -0.2) is 26.3 Å². The number of halogens is 2. The Labute approximate surface area is 117 Å². The lowest BCUT2D eigenvalue weighted by Gasteiger charge is -2.30. The van der Waals surface area contributed by atoms with Crippen molar-refractivity contribution in [3.05, 3.63) is 28.8 Å². The highest BCUT2D eigenvalue weighted by atomic mass is 79.9. The summed E-state index contributed by atoms with van der Waals surface area (Å²) < 4.78 is 5.20. The molecule has 1 aromatic rings. The molecule has 0 N–H and O–H groups in total. The molecule has 1 aromatic carbocycles. The van der Waals surface area contributed by atoms with Crippen molar-refractivity contribution in [2.24, 2.45) is 0 Å². The Balaban J connectivity index is 2.92. The number of nitrogens with zero attached hydrogens (tertiary/aromatic N) is 1. The van der Waals surface area contributed by atoms with E-state index >= 15 is 0 Å². The van der Waals surface area contributed by atoms with Crippen molar-refractivity contribution in [2.75, 3.05) is 25.2 Å². The van der Waals surface area contributed by atoms with Gasteiger partial charge in [0.25, 0.3) is 0 Å². The number of hydrogen-bond acceptors (Lipinski definition) is 2. The predicted molar refractivity (Wildman–Crippen MR) is 78.4 cm³/mol. The zero-order chi connectivity index (χ0) is 12.8. The van der Waals surface area contributed by atoms with Crippen molar-refractivity contribution >= 4 is 33.2 Å². The van der Waals surface area contributed by atoms with Gasteiger partial charge in [0.2, 0.25) is 0 Å². The first-order chi connectivity index (χ1) is 8.13. The zero-order valence-electron chi connectivity index (χ0n) is 10.5. The molecule has 0 heterocycles. The summed E-state index contributed by atoms with van der Waals surface area (Å²) in [5.41, 5.74) is 2.26. The number of hydrogen-bond donors (Lipinski definition) is 0. The summed E-state index contributed by atoms with van der Waals surface area (Å²) in [6, 6.07) is 6.54. The maximum absolute atomic E-state index is 6.22. The molecular weight excluding hydrogens is 302 g/mol. The molecule has 1 atom stereocenters. The largest absolute Gasteiger partial charge is 0.383 e. The van der Waals surface area contributed by atoms with Gasteiger partial charge in [0.15, 0.2) is 0 Å². The highest BCUT2D eigenvalue weighted by molar-refractivity contribution is 9.08. The van der Waals surface area contributed by atoms with Gasteiger partial charge in [0, 0.05) is 35.7 Å². The molecule has 0 saturated heterocycles. The van der Waals surface area contributed by atoms with Crippen LogP contribution in [-0.2, 0) is 10.1 Å². The van der Waals surface area contributed by atoms with Gasteiger partial charge < -0.3 is 9.64 Å². The van der Waals surface area contributed by atoms with E-state index in [1.54, 1.807) is 7.11 Å². The first-order valence-electron chi connectivity index (χ1n) is 5.74. The third kappa shape index (κ3) is 3.87. The first kappa shape index (κ1) is 14.8. The number of ether oxygens (including phenoxy) is 1. The summed E-state index contributed by atoms with van der Waals surface area (Å²) in [4.78, 5) is 2.29. The van der Waals surface area contributed by atoms with Crippen LogP contribution >= 0.6 is 27.5 Å². The summed E-state index contributed by atoms with van der Waals surface area (Å²) in [6.07, 6.45) is 0. The lowest BCUT2D eigenvalue weighted by atomic mass is 10.2. The van der Waals surface area contributed by atoms with Crippen molar-refractivity contribution in [1.29, 1.82) is 0 Å². The molecule has 17 heavy (non-hydrogen) atoms. The zero-order valence-corrected chi connectivity index (χ0v) is 12.9. The normalized spacial score (nSPS) is 12.5. The van der Waals surface area contributed by atoms with Crippen LogP contribution in [0.25, 0.3) is 0 Å². The average Bonchev–Trinajstić information content (AvgIpc) is 2.30. The molecule has 0 aliphatic rings. The molecule has 0 radical (unpaired) electrons. The number of anilines is 1. The quantitative estimate of drug-likeness (QED) is 0.732. The van der Waals surface area contributed by atoms with Crippen molar-refractivity contribution in [3.63, 3.8) is 0 Å². The standard InChI is InChI=1S/C13H19BrClNO/c1-4-16(10(2)9-17-3)12-6-5-11(8-14)13(15)7-12/h5-7,10H,4,8-9H2,1-3H3. The third-order valence-electron chi connectivity index (χ3n) is 2.79. The van der Waals surface area contributed by atoms with E-state index in [0.717, 1.165) is 28.1 Å². The number of likely N-dealkylation sites (N-methyl/N-ethyl adjacent to an activating group) is 1. The number of methoxy groups -OCH3 is 1. The first-order valence-corrected chi connectivity index (χ1v) is 7.23. The lowest BCUT2D eigenvalue weighted by Crippen LogP contribution is -2.36. The van der Waals surface area contributed by atoms with Crippen LogP contribution < -0.4 is 4.90 Å². The van der Waals surface area contributed by atoms with Gasteiger partial charge in [-0.05, 0) is 31.5 Å². The number of benzene rings is 1. The molecule has 0 aromatic heterocycles. The smallest absolute Gasteiger partial charge is 0.0663 e. The van der Waals surface area contributed by atoms with Crippen LogP contribution in [0.5, 0.6) is 0 Å². The van der Waals surface area contributed by atoms with Gasteiger partial charge in [-0.15, -0.1) is 0 Å². The van der Waals surface area contributed by atoms with Crippen molar-refractivity contribution in [1.82, 2.24) is 0 Å². The van der Waals surface area contributed by atoms with E-state index in [1.165, 1.54) is 0 Å². The summed E-state index contributed by atoms with van der Waals surface area (Å²) in [7, 11) is 1.73. The topological polar surface area (TPSA) is 12.5 Å². The van der Waals surface area contributed by atoms with Gasteiger partial charge in [0.1, 0.15) is 0 Å². The van der Waals surface area contributed by atoms with Gasteiger partial charge in [0.05, 0.1) is 6.61 Å². The Kier molecular flexibility index (Phi) is 6.31. The van der Waals surface area contributed by atoms with Crippen LogP contribution in [0.1, 0.15) is 19.4 Å². The summed E-state index contributed by atoms with van der Waals surface area (Å²) in [6.45, 7) is 5.94. The molecule has 1 unspecified atom stereocenters. The molecule has 96 valence electrons. The second-order valence-electron chi connectivity index (χ2n) is 4.00. The Morgan fingerprint density at radius 1 is 1.47 bits per heavy atom. The van der Waals surface area contributed by atoms with Crippen molar-refractivity contribution in [2.45, 2.75) is 25.2 Å². The predicted octanol–water partition coefficient (Wildman–Crippen LogP) is 4.10. The Morgan fingerprint density at radius 2 is 2.18 bits per heavy atom. The minimum Gasteiger partial charge on any atom is -0.383 e. The van der Waals surface area contributed by atoms with E-state index in [2.05, 4.69) is 46.8 Å². The molecule has 0 aliphatic carbocycles. The van der Waals surface area contributed by atoms with Crippen LogP contribution in [0.3, 0.4) is 0 Å². The summed E-state index contributed by atoms with van der Waals surface area (Å²) >= 11 is 9.65. The molecule has 2 nitrogen and oxygen atoms in total. The third-order valence-corrected chi connectivity index (χ3v) is 3.75. The van der Waals surface area contributed by atoms with E-state index in [0.29, 0.717) is 12.6 Å². The Hall–Kier alpha value is -0.250. The molecule has 0 fully saturated rings. The summed E-state index contributed by atoms with van der Waals surface area (Å²) in [5, 5.41) is 1.59. The van der Waals surface area contributed by atoms with Gasteiger partial charge >= 0.3 is 0 Å². The fourth-order valence-corrected chi connectivity index (χ4v) is 2.80. The maximum atomic E-state index is 6.22. The monoisotopic (exact) mass is 319 g/mol. The molecule has 0 aliphatic heterocycles. The van der Waals surface area contributed by atoms with E-state index in [9.17, 15) is 0 Å². The van der Waals surface area contributed by atoms with Gasteiger partial charge in [-0.25, -0.2) is 0 Å². The second-order valence-corrected chi connectivity index (χ2v) is 4.97. The van der Waals surface area contributed by atoms with E-state index < -0.39 is 0 Å². The van der Waals surface area contributed by atoms with Gasteiger partial charge in [-0.3, -0.25) is 0 Å². The minimum atomic E-state index is 0.343. The van der Waals surface area contributed by atoms with E-state index in [1.807, 2.05) is 6.07 Å². The fourth-order valence-electron chi connectivity index (χ4n) is 1.90. The molecule has 0 saturated carbocycles. The van der Waals surface area contributed by atoms with E-state index in [-0.39, 0.29) is 0 Å². The van der Waals surface area contributed by atoms with Crippen LogP contribution in [0, 0.1) is 0 Å². The van der Waals surface area contributed by atoms with Gasteiger partial charge in [-0.1, -0.05) is 33.6 Å². The van der Waals surface area contributed by atoms with Gasteiger partial charge in [-0.2, -0.15) is 0 Å². The number of rotatable bonds is 6. The van der Waals surface area contributed by atoms with Crippen molar-refractivity contribution < 1.29 is 4.74 Å². The Bertz CT molecular complexity index is 359. The highest BCUT2D eigenvalue weighted by Crippen LogP contribution is 2.26. The molecule has 0 amide bonds. The maximum Gasteiger partial charge on any atom is 0.0663 e. The Morgan fingerprint density at radius 3 is 2.65 bits per heavy atom. The molecule has 0 bridgehead atoms. The van der Waals surface area contributed by atoms with Crippen molar-refractivity contribution in [3.8, 4) is 0 Å². The summed E-state index contributed by atoms with van der Waals surface area (Å²) in [5.74, 6) is 0. The van der Waals surface area contributed by atoms with Crippen LogP contribution in [0.4, 0.5) is 5.69 Å². The number of alkyl halides is 1. The van der Waals surface area contributed by atoms with Crippen LogP contribution in [0.15, 0.2) is 18.2 Å². The molecular formula is C13H19BrClNO. The SMILES string of the molecule is CCN(c1ccc(CBr)c(Cl)c1)C(C)COC. The average molecular weight is 321 g/mol. The highest BCUT2D eigenvalue weighted by Gasteiger charge is 2.13. The lowest BCUT2D eigenvalue weighted by molar-refractivity contribution is 0.182. The molecule has 1 rings (SSSR count). The van der Waals surface area contributed by atoms with Crippen LogP contribution in [0.2, 0.25) is 5.02 Å². The molecule has 4 heteroatoms. The molecule has 0 spiro atoms. The second kappa shape index (κ2) is 7.24.